The molecule has 0 heterocycles. The number of nitrogens with zero attached hydrogens (tertiary/aromatic N) is 1. The fourth-order valence-electron chi connectivity index (χ4n) is 0.982. The minimum Gasteiger partial charge on any atom is -0.351 e. The summed E-state index contributed by atoms with van der Waals surface area (Å²) in [5.74, 6) is -1.54. The molecule has 0 aromatic heterocycles. The summed E-state index contributed by atoms with van der Waals surface area (Å²) in [7, 11) is 1.36. The number of benzene rings is 1. The zero-order chi connectivity index (χ0) is 11.3. The van der Waals surface area contributed by atoms with Gasteiger partial charge in [-0.3, -0.25) is 9.59 Å². The molecule has 0 saturated carbocycles. The average molecular weight is 203 g/mol. The number of anilines is 1. The van der Waals surface area contributed by atoms with Crippen LogP contribution in [0.1, 0.15) is 5.56 Å². The highest BCUT2D eigenvalue weighted by Crippen LogP contribution is 2.12. The predicted octanol–water partition coefficient (Wildman–Crippen LogP) is 0.243. The average Bonchev–Trinajstić information content (AvgIpc) is 2.28. The number of rotatable bonds is 1. The standard InChI is InChI=1S/C10H9N3O2/c1-12-9(14)10(15)13-8-5-3-2-4-7(8)6-11/h2-5H,1H3,(H,12,14)(H,13,15). The first-order valence-electron chi connectivity index (χ1n) is 4.21. The highest BCUT2D eigenvalue weighted by molar-refractivity contribution is 6.39. The van der Waals surface area contributed by atoms with Crippen LogP contribution in [0.5, 0.6) is 0 Å². The lowest BCUT2D eigenvalue weighted by Crippen LogP contribution is -2.32. The molecule has 15 heavy (non-hydrogen) atoms. The van der Waals surface area contributed by atoms with Crippen molar-refractivity contribution in [2.24, 2.45) is 0 Å². The number of likely N-dealkylation sites (N-methyl/N-ethyl adjacent to an activating group) is 1. The van der Waals surface area contributed by atoms with Crippen molar-refractivity contribution in [3.8, 4) is 6.07 Å². The number of amides is 2. The molecule has 2 amide bonds. The SMILES string of the molecule is CNC(=O)C(=O)Nc1ccccc1C#N. The van der Waals surface area contributed by atoms with E-state index in [9.17, 15) is 9.59 Å². The van der Waals surface area contributed by atoms with Gasteiger partial charge >= 0.3 is 11.8 Å². The molecule has 5 nitrogen and oxygen atoms in total. The highest BCUT2D eigenvalue weighted by atomic mass is 16.2. The van der Waals surface area contributed by atoms with E-state index in [4.69, 9.17) is 5.26 Å². The van der Waals surface area contributed by atoms with Gasteiger partial charge in [0.1, 0.15) is 6.07 Å². The Bertz CT molecular complexity index is 435. The van der Waals surface area contributed by atoms with Crippen molar-refractivity contribution in [2.75, 3.05) is 12.4 Å². The van der Waals surface area contributed by atoms with Crippen molar-refractivity contribution in [2.45, 2.75) is 0 Å². The molecule has 2 N–H and O–H groups in total. The molecule has 0 saturated heterocycles. The molecule has 0 fully saturated rings. The van der Waals surface area contributed by atoms with Crippen molar-refractivity contribution in [1.82, 2.24) is 5.32 Å². The van der Waals surface area contributed by atoms with E-state index in [1.807, 2.05) is 6.07 Å². The van der Waals surface area contributed by atoms with Crippen molar-refractivity contribution in [1.29, 1.82) is 5.26 Å². The largest absolute Gasteiger partial charge is 0.351 e. The maximum absolute atomic E-state index is 11.2. The van der Waals surface area contributed by atoms with Gasteiger partial charge in [0.05, 0.1) is 11.3 Å². The van der Waals surface area contributed by atoms with Crippen LogP contribution in [-0.4, -0.2) is 18.9 Å². The van der Waals surface area contributed by atoms with Crippen molar-refractivity contribution in [3.05, 3.63) is 29.8 Å². The summed E-state index contributed by atoms with van der Waals surface area (Å²) in [5, 5.41) is 13.3. The minimum atomic E-state index is -0.791. The normalized spacial score (nSPS) is 8.80. The Morgan fingerprint density at radius 3 is 2.53 bits per heavy atom. The van der Waals surface area contributed by atoms with Gasteiger partial charge in [-0.15, -0.1) is 0 Å². The Hall–Kier alpha value is -2.35. The fourth-order valence-corrected chi connectivity index (χ4v) is 0.982. The summed E-state index contributed by atoms with van der Waals surface area (Å²) in [6.07, 6.45) is 0. The third kappa shape index (κ3) is 2.54. The summed E-state index contributed by atoms with van der Waals surface area (Å²) in [6.45, 7) is 0. The molecule has 0 aliphatic rings. The number of nitriles is 1. The molecular weight excluding hydrogens is 194 g/mol. The highest BCUT2D eigenvalue weighted by Gasteiger charge is 2.12. The lowest BCUT2D eigenvalue weighted by molar-refractivity contribution is -0.135. The molecule has 0 aliphatic carbocycles. The fraction of sp³-hybridized carbons (Fsp3) is 0.100. The number of hydrogen-bond donors (Lipinski definition) is 2. The molecule has 0 bridgehead atoms. The molecule has 0 aliphatic heterocycles. The smallest absolute Gasteiger partial charge is 0.313 e. The van der Waals surface area contributed by atoms with Crippen LogP contribution < -0.4 is 10.6 Å². The van der Waals surface area contributed by atoms with Crippen LogP contribution in [0.4, 0.5) is 5.69 Å². The van der Waals surface area contributed by atoms with E-state index in [2.05, 4.69) is 10.6 Å². The van der Waals surface area contributed by atoms with Crippen LogP contribution in [0.2, 0.25) is 0 Å². The third-order valence-corrected chi connectivity index (χ3v) is 1.73. The van der Waals surface area contributed by atoms with Gasteiger partial charge in [0.15, 0.2) is 0 Å². The van der Waals surface area contributed by atoms with Crippen molar-refractivity contribution in [3.63, 3.8) is 0 Å². The van der Waals surface area contributed by atoms with Gasteiger partial charge in [-0.2, -0.15) is 5.26 Å². The van der Waals surface area contributed by atoms with Crippen LogP contribution in [0.3, 0.4) is 0 Å². The second-order valence-electron chi connectivity index (χ2n) is 2.69. The zero-order valence-corrected chi connectivity index (χ0v) is 8.07. The molecule has 76 valence electrons. The topological polar surface area (TPSA) is 82.0 Å². The lowest BCUT2D eigenvalue weighted by Gasteiger charge is -2.04. The first-order chi connectivity index (χ1) is 7.19. The maximum atomic E-state index is 11.2. The van der Waals surface area contributed by atoms with Gasteiger partial charge in [0, 0.05) is 7.05 Å². The van der Waals surface area contributed by atoms with E-state index in [-0.39, 0.29) is 0 Å². The van der Waals surface area contributed by atoms with Crippen LogP contribution in [-0.2, 0) is 9.59 Å². The van der Waals surface area contributed by atoms with Crippen LogP contribution in [0, 0.1) is 11.3 Å². The Kier molecular flexibility index (Phi) is 3.41. The monoisotopic (exact) mass is 203 g/mol. The molecule has 0 unspecified atom stereocenters. The van der Waals surface area contributed by atoms with E-state index < -0.39 is 11.8 Å². The van der Waals surface area contributed by atoms with Crippen molar-refractivity contribution < 1.29 is 9.59 Å². The van der Waals surface area contributed by atoms with Gasteiger partial charge in [-0.25, -0.2) is 0 Å². The van der Waals surface area contributed by atoms with Gasteiger partial charge < -0.3 is 10.6 Å². The summed E-state index contributed by atoms with van der Waals surface area (Å²) in [5.41, 5.74) is 0.642. The second-order valence-corrected chi connectivity index (χ2v) is 2.69. The Morgan fingerprint density at radius 1 is 1.27 bits per heavy atom. The molecule has 1 aromatic carbocycles. The van der Waals surface area contributed by atoms with Crippen LogP contribution in [0.25, 0.3) is 0 Å². The number of carbonyl (C=O) groups excluding carboxylic acids is 2. The number of nitrogens with one attached hydrogen (secondary N) is 2. The van der Waals surface area contributed by atoms with E-state index in [1.54, 1.807) is 24.3 Å². The summed E-state index contributed by atoms with van der Waals surface area (Å²) < 4.78 is 0. The van der Waals surface area contributed by atoms with Crippen LogP contribution in [0.15, 0.2) is 24.3 Å². The van der Waals surface area contributed by atoms with Gasteiger partial charge in [-0.05, 0) is 12.1 Å². The van der Waals surface area contributed by atoms with Gasteiger partial charge in [0.25, 0.3) is 0 Å². The van der Waals surface area contributed by atoms with E-state index >= 15 is 0 Å². The maximum Gasteiger partial charge on any atom is 0.313 e. The number of para-hydroxylation sites is 1. The van der Waals surface area contributed by atoms with E-state index in [1.165, 1.54) is 7.05 Å². The quantitative estimate of drug-likeness (QED) is 0.641. The molecule has 0 radical (unpaired) electrons. The van der Waals surface area contributed by atoms with Crippen molar-refractivity contribution >= 4 is 17.5 Å². The number of hydrogen-bond acceptors (Lipinski definition) is 3. The molecule has 5 heteroatoms. The van der Waals surface area contributed by atoms with Gasteiger partial charge in [0.2, 0.25) is 0 Å². The predicted molar refractivity (Wildman–Crippen MR) is 53.9 cm³/mol. The van der Waals surface area contributed by atoms with Gasteiger partial charge in [-0.1, -0.05) is 12.1 Å². The second kappa shape index (κ2) is 4.77. The summed E-state index contributed by atoms with van der Waals surface area (Å²) in [4.78, 5) is 22.1. The Morgan fingerprint density at radius 2 is 1.93 bits per heavy atom. The lowest BCUT2D eigenvalue weighted by atomic mass is 10.2. The first kappa shape index (κ1) is 10.7. The Labute approximate surface area is 86.7 Å². The zero-order valence-electron chi connectivity index (χ0n) is 8.07. The molecule has 0 atom stereocenters. The van der Waals surface area contributed by atoms with Crippen LogP contribution >= 0.6 is 0 Å². The molecule has 1 rings (SSSR count). The third-order valence-electron chi connectivity index (χ3n) is 1.73. The minimum absolute atomic E-state index is 0.315. The summed E-state index contributed by atoms with van der Waals surface area (Å²) >= 11 is 0. The number of carbonyl (C=O) groups is 2. The molecule has 1 aromatic rings. The molecular formula is C10H9N3O2. The first-order valence-corrected chi connectivity index (χ1v) is 4.21. The molecule has 0 spiro atoms. The summed E-state index contributed by atoms with van der Waals surface area (Å²) in [6, 6.07) is 8.36. The Balaban J connectivity index is 2.86. The van der Waals surface area contributed by atoms with E-state index in [0.717, 1.165) is 0 Å². The van der Waals surface area contributed by atoms with E-state index in [0.29, 0.717) is 11.3 Å².